The summed E-state index contributed by atoms with van der Waals surface area (Å²) >= 11 is 0. The van der Waals surface area contributed by atoms with E-state index < -0.39 is 6.36 Å². The molecule has 0 aliphatic heterocycles. The molecule has 1 rings (SSSR count). The Balaban J connectivity index is 3.03. The van der Waals surface area contributed by atoms with Crippen molar-refractivity contribution in [2.24, 2.45) is 0 Å². The highest BCUT2D eigenvalue weighted by Gasteiger charge is 2.31. The minimum Gasteiger partial charge on any atom is -0.407 e. The maximum absolute atomic E-state index is 11.9. The summed E-state index contributed by atoms with van der Waals surface area (Å²) in [5.41, 5.74) is 0.463. The Morgan fingerprint density at radius 2 is 2.00 bits per heavy atom. The average molecular weight is 201 g/mol. The molecule has 0 saturated carbocycles. The van der Waals surface area contributed by atoms with E-state index in [1.807, 2.05) is 0 Å². The van der Waals surface area contributed by atoms with Gasteiger partial charge in [0.15, 0.2) is 5.69 Å². The van der Waals surface area contributed by atoms with Gasteiger partial charge in [-0.1, -0.05) is 12.1 Å². The lowest BCUT2D eigenvalue weighted by atomic mass is 10.2. The summed E-state index contributed by atoms with van der Waals surface area (Å²) in [6.45, 7) is 8.11. The molecular formula is C9H6F3NO. The van der Waals surface area contributed by atoms with Gasteiger partial charge in [-0.2, -0.15) is 0 Å². The van der Waals surface area contributed by atoms with Crippen molar-refractivity contribution >= 4 is 5.69 Å². The standard InChI is InChI=1S/C9H6F3NO/c1-6-3-4-7(13-2)5-8(6)14-9(10,11)12/h3-5H,1H3. The Morgan fingerprint density at radius 1 is 1.36 bits per heavy atom. The first-order valence-electron chi connectivity index (χ1n) is 3.66. The van der Waals surface area contributed by atoms with Crippen LogP contribution in [0.2, 0.25) is 0 Å². The van der Waals surface area contributed by atoms with Crippen LogP contribution in [0.5, 0.6) is 5.75 Å². The molecule has 0 aliphatic carbocycles. The van der Waals surface area contributed by atoms with Crippen LogP contribution in [0.25, 0.3) is 4.85 Å². The van der Waals surface area contributed by atoms with Gasteiger partial charge < -0.3 is 4.74 Å². The van der Waals surface area contributed by atoms with Crippen LogP contribution >= 0.6 is 0 Å². The number of aryl methyl sites for hydroxylation is 1. The highest BCUT2D eigenvalue weighted by atomic mass is 19.4. The predicted octanol–water partition coefficient (Wildman–Crippen LogP) is 3.44. The maximum atomic E-state index is 11.9. The largest absolute Gasteiger partial charge is 0.573 e. The molecule has 0 unspecified atom stereocenters. The second kappa shape index (κ2) is 3.58. The van der Waals surface area contributed by atoms with Crippen LogP contribution in [-0.2, 0) is 0 Å². The van der Waals surface area contributed by atoms with Gasteiger partial charge in [0.25, 0.3) is 0 Å². The van der Waals surface area contributed by atoms with E-state index in [9.17, 15) is 13.2 Å². The minimum atomic E-state index is -4.72. The van der Waals surface area contributed by atoms with E-state index in [-0.39, 0.29) is 11.4 Å². The van der Waals surface area contributed by atoms with Crippen LogP contribution in [0.3, 0.4) is 0 Å². The first-order valence-corrected chi connectivity index (χ1v) is 3.66. The summed E-state index contributed by atoms with van der Waals surface area (Å²) in [5.74, 6) is -0.328. The summed E-state index contributed by atoms with van der Waals surface area (Å²) in [5, 5.41) is 0. The van der Waals surface area contributed by atoms with Gasteiger partial charge in [0.05, 0.1) is 6.57 Å². The molecule has 0 fully saturated rings. The van der Waals surface area contributed by atoms with Crippen molar-refractivity contribution in [3.63, 3.8) is 0 Å². The molecule has 0 saturated heterocycles. The lowest BCUT2D eigenvalue weighted by Gasteiger charge is -2.11. The third-order valence-electron chi connectivity index (χ3n) is 1.53. The number of benzene rings is 1. The van der Waals surface area contributed by atoms with E-state index in [4.69, 9.17) is 6.57 Å². The van der Waals surface area contributed by atoms with Crippen molar-refractivity contribution in [2.75, 3.05) is 0 Å². The van der Waals surface area contributed by atoms with Crippen molar-refractivity contribution in [1.29, 1.82) is 0 Å². The van der Waals surface area contributed by atoms with Gasteiger partial charge in [-0.3, -0.25) is 0 Å². The third kappa shape index (κ3) is 2.66. The highest BCUT2D eigenvalue weighted by Crippen LogP contribution is 2.29. The number of halogens is 3. The molecule has 0 heterocycles. The zero-order valence-electron chi connectivity index (χ0n) is 7.22. The quantitative estimate of drug-likeness (QED) is 0.634. The van der Waals surface area contributed by atoms with Crippen molar-refractivity contribution in [1.82, 2.24) is 0 Å². The summed E-state index contributed by atoms with van der Waals surface area (Å²) in [6, 6.07) is 3.91. The molecule has 0 amide bonds. The van der Waals surface area contributed by atoms with E-state index in [0.717, 1.165) is 6.07 Å². The van der Waals surface area contributed by atoms with Crippen LogP contribution in [0.1, 0.15) is 5.56 Å². The molecule has 0 radical (unpaired) electrons. The number of alkyl halides is 3. The van der Waals surface area contributed by atoms with Gasteiger partial charge in [-0.05, 0) is 18.6 Å². The molecule has 1 aromatic carbocycles. The average Bonchev–Trinajstić information content (AvgIpc) is 2.06. The van der Waals surface area contributed by atoms with Gasteiger partial charge in [-0.25, -0.2) is 4.85 Å². The summed E-state index contributed by atoms with van der Waals surface area (Å²) in [7, 11) is 0. The lowest BCUT2D eigenvalue weighted by molar-refractivity contribution is -0.274. The van der Waals surface area contributed by atoms with E-state index >= 15 is 0 Å². The molecule has 0 aliphatic rings. The van der Waals surface area contributed by atoms with E-state index in [2.05, 4.69) is 9.58 Å². The summed E-state index contributed by atoms with van der Waals surface area (Å²) in [6.07, 6.45) is -4.72. The van der Waals surface area contributed by atoms with Crippen molar-refractivity contribution in [2.45, 2.75) is 13.3 Å². The molecule has 1 aromatic rings. The van der Waals surface area contributed by atoms with Gasteiger partial charge in [0.2, 0.25) is 0 Å². The number of nitrogens with zero attached hydrogens (tertiary/aromatic N) is 1. The molecular weight excluding hydrogens is 195 g/mol. The molecule has 0 bridgehead atoms. The number of rotatable bonds is 1. The maximum Gasteiger partial charge on any atom is 0.573 e. The van der Waals surface area contributed by atoms with Crippen LogP contribution < -0.4 is 4.74 Å². The van der Waals surface area contributed by atoms with Crippen molar-refractivity contribution in [3.05, 3.63) is 35.2 Å². The zero-order valence-corrected chi connectivity index (χ0v) is 7.22. The van der Waals surface area contributed by atoms with E-state index in [1.54, 1.807) is 0 Å². The zero-order chi connectivity index (χ0) is 10.8. The Morgan fingerprint density at radius 3 is 2.50 bits per heavy atom. The second-order valence-corrected chi connectivity index (χ2v) is 2.61. The monoisotopic (exact) mass is 201 g/mol. The fraction of sp³-hybridized carbons (Fsp3) is 0.222. The first kappa shape index (κ1) is 10.4. The third-order valence-corrected chi connectivity index (χ3v) is 1.53. The molecule has 2 nitrogen and oxygen atoms in total. The number of hydrogen-bond acceptors (Lipinski definition) is 1. The number of hydrogen-bond donors (Lipinski definition) is 0. The van der Waals surface area contributed by atoms with Crippen LogP contribution in [-0.4, -0.2) is 6.36 Å². The summed E-state index contributed by atoms with van der Waals surface area (Å²) in [4.78, 5) is 3.00. The number of ether oxygens (including phenoxy) is 1. The Labute approximate surface area is 78.7 Å². The Hall–Kier alpha value is -1.70. The topological polar surface area (TPSA) is 13.6 Å². The molecule has 74 valence electrons. The van der Waals surface area contributed by atoms with Crippen LogP contribution in [0.15, 0.2) is 18.2 Å². The fourth-order valence-electron chi connectivity index (χ4n) is 0.893. The molecule has 0 spiro atoms. The van der Waals surface area contributed by atoms with Gasteiger partial charge >= 0.3 is 6.36 Å². The van der Waals surface area contributed by atoms with Gasteiger partial charge in [0.1, 0.15) is 5.75 Å². The predicted molar refractivity (Wildman–Crippen MR) is 44.1 cm³/mol. The SMILES string of the molecule is [C-]#[N+]c1ccc(C)c(OC(F)(F)F)c1. The second-order valence-electron chi connectivity index (χ2n) is 2.61. The molecule has 0 atom stereocenters. The van der Waals surface area contributed by atoms with Crippen molar-refractivity contribution < 1.29 is 17.9 Å². The molecule has 0 N–H and O–H groups in total. The van der Waals surface area contributed by atoms with Crippen LogP contribution in [0, 0.1) is 13.5 Å². The van der Waals surface area contributed by atoms with E-state index in [1.165, 1.54) is 19.1 Å². The summed E-state index contributed by atoms with van der Waals surface area (Å²) < 4.78 is 39.3. The lowest BCUT2D eigenvalue weighted by Crippen LogP contribution is -2.17. The highest BCUT2D eigenvalue weighted by molar-refractivity contribution is 5.52. The Bertz CT molecular complexity index is 379. The fourth-order valence-corrected chi connectivity index (χ4v) is 0.893. The smallest absolute Gasteiger partial charge is 0.407 e. The first-order chi connectivity index (χ1) is 6.42. The van der Waals surface area contributed by atoms with Gasteiger partial charge in [0, 0.05) is 0 Å². The molecule has 5 heteroatoms. The normalized spacial score (nSPS) is 10.8. The minimum absolute atomic E-state index is 0.120. The molecule has 14 heavy (non-hydrogen) atoms. The molecule has 0 aromatic heterocycles. The van der Waals surface area contributed by atoms with E-state index in [0.29, 0.717) is 5.56 Å². The van der Waals surface area contributed by atoms with Crippen molar-refractivity contribution in [3.8, 4) is 5.75 Å². The van der Waals surface area contributed by atoms with Crippen LogP contribution in [0.4, 0.5) is 18.9 Å². The van der Waals surface area contributed by atoms with Gasteiger partial charge in [-0.15, -0.1) is 13.2 Å². The Kier molecular flexibility index (Phi) is 2.65.